The molecule has 0 aliphatic rings. The minimum atomic E-state index is -1.16. The summed E-state index contributed by atoms with van der Waals surface area (Å²) in [6, 6.07) is 3.89. The van der Waals surface area contributed by atoms with E-state index in [0.717, 1.165) is 25.3 Å². The molecule has 0 atom stereocenters. The summed E-state index contributed by atoms with van der Waals surface area (Å²) in [5, 5.41) is 17.8. The van der Waals surface area contributed by atoms with Crippen molar-refractivity contribution in [2.75, 3.05) is 0 Å². The van der Waals surface area contributed by atoms with E-state index in [-0.39, 0.29) is 11.1 Å². The number of hydrogen-bond donors (Lipinski definition) is 2. The van der Waals surface area contributed by atoms with E-state index in [4.69, 9.17) is 10.2 Å². The van der Waals surface area contributed by atoms with E-state index in [0.29, 0.717) is 5.56 Å². The summed E-state index contributed by atoms with van der Waals surface area (Å²) in [5.41, 5.74) is 0.299. The zero-order chi connectivity index (χ0) is 13.5. The van der Waals surface area contributed by atoms with Crippen molar-refractivity contribution in [3.63, 3.8) is 0 Å². The molecule has 18 heavy (non-hydrogen) atoms. The van der Waals surface area contributed by atoms with Crippen LogP contribution in [0.2, 0.25) is 0 Å². The fraction of sp³-hybridized carbons (Fsp3) is 0.286. The maximum Gasteiger partial charge on any atom is 0.335 e. The molecule has 1 aromatic rings. The van der Waals surface area contributed by atoms with Crippen LogP contribution in [0.25, 0.3) is 0 Å². The predicted octanol–water partition coefficient (Wildman–Crippen LogP) is 2.62. The highest BCUT2D eigenvalue weighted by Crippen LogP contribution is 2.10. The molecule has 94 valence electrons. The molecule has 1 rings (SSSR count). The van der Waals surface area contributed by atoms with Crippen LogP contribution in [0.4, 0.5) is 0 Å². The maximum absolute atomic E-state index is 10.9. The lowest BCUT2D eigenvalue weighted by molar-refractivity contribution is 0.0696. The molecule has 0 aliphatic carbocycles. The van der Waals surface area contributed by atoms with Crippen molar-refractivity contribution in [1.29, 1.82) is 0 Å². The average Bonchev–Trinajstić information content (AvgIpc) is 2.34. The topological polar surface area (TPSA) is 74.6 Å². The number of unbranched alkanes of at least 4 members (excludes halogenated alkanes) is 2. The molecule has 2 N–H and O–H groups in total. The van der Waals surface area contributed by atoms with Crippen LogP contribution >= 0.6 is 0 Å². The van der Waals surface area contributed by atoms with E-state index in [1.54, 1.807) is 0 Å². The van der Waals surface area contributed by atoms with Gasteiger partial charge in [0.1, 0.15) is 0 Å². The number of carboxylic acid groups (broad SMARTS) is 2. The molecule has 4 heteroatoms. The van der Waals surface area contributed by atoms with Crippen LogP contribution in [-0.4, -0.2) is 22.2 Å². The van der Waals surface area contributed by atoms with Crippen LogP contribution in [0, 0.1) is 11.8 Å². The van der Waals surface area contributed by atoms with Crippen molar-refractivity contribution in [3.8, 4) is 11.8 Å². The van der Waals surface area contributed by atoms with E-state index in [1.807, 2.05) is 0 Å². The van der Waals surface area contributed by atoms with Gasteiger partial charge in [-0.1, -0.05) is 25.2 Å². The number of rotatable bonds is 4. The zero-order valence-electron chi connectivity index (χ0n) is 10.1. The van der Waals surface area contributed by atoms with Crippen LogP contribution in [-0.2, 0) is 0 Å². The summed E-state index contributed by atoms with van der Waals surface area (Å²) in [6.45, 7) is 2.05. The molecule has 0 bridgehead atoms. The van der Waals surface area contributed by atoms with Crippen molar-refractivity contribution in [2.45, 2.75) is 26.2 Å². The van der Waals surface area contributed by atoms with E-state index in [1.165, 1.54) is 12.1 Å². The lowest BCUT2D eigenvalue weighted by Gasteiger charge is -1.99. The summed E-state index contributed by atoms with van der Waals surface area (Å²) in [4.78, 5) is 21.7. The Balaban J connectivity index is 3.06. The Morgan fingerprint density at radius 2 is 1.67 bits per heavy atom. The van der Waals surface area contributed by atoms with Gasteiger partial charge in [-0.3, -0.25) is 0 Å². The first-order chi connectivity index (χ1) is 8.54. The van der Waals surface area contributed by atoms with E-state index in [2.05, 4.69) is 18.8 Å². The fourth-order valence-corrected chi connectivity index (χ4v) is 1.38. The largest absolute Gasteiger partial charge is 0.478 e. The fourth-order valence-electron chi connectivity index (χ4n) is 1.38. The van der Waals surface area contributed by atoms with Gasteiger partial charge in [0.2, 0.25) is 0 Å². The number of carbonyl (C=O) groups is 2. The Labute approximate surface area is 105 Å². The van der Waals surface area contributed by atoms with Gasteiger partial charge in [0.05, 0.1) is 11.1 Å². The van der Waals surface area contributed by atoms with Crippen molar-refractivity contribution >= 4 is 11.9 Å². The third kappa shape index (κ3) is 3.95. The first-order valence-corrected chi connectivity index (χ1v) is 5.65. The van der Waals surface area contributed by atoms with Crippen molar-refractivity contribution in [2.24, 2.45) is 0 Å². The standard InChI is InChI=1S/C14H14O4/c1-2-3-4-5-6-10-7-11(13(15)16)9-12(8-10)14(17)18/h7-9H,2-4H2,1H3,(H,15,16)(H,17,18). The van der Waals surface area contributed by atoms with Crippen LogP contribution in [0.5, 0.6) is 0 Å². The van der Waals surface area contributed by atoms with E-state index >= 15 is 0 Å². The summed E-state index contributed by atoms with van der Waals surface area (Å²) in [5.74, 6) is 3.38. The highest BCUT2D eigenvalue weighted by Gasteiger charge is 2.10. The summed E-state index contributed by atoms with van der Waals surface area (Å²) >= 11 is 0. The Bertz CT molecular complexity index is 488. The summed E-state index contributed by atoms with van der Waals surface area (Å²) in [6.07, 6.45) is 2.72. The summed E-state index contributed by atoms with van der Waals surface area (Å²) < 4.78 is 0. The van der Waals surface area contributed by atoms with Gasteiger partial charge in [0.25, 0.3) is 0 Å². The van der Waals surface area contributed by atoms with Crippen molar-refractivity contribution in [1.82, 2.24) is 0 Å². The van der Waals surface area contributed by atoms with Gasteiger partial charge in [-0.15, -0.1) is 0 Å². The van der Waals surface area contributed by atoms with Gasteiger partial charge in [-0.25, -0.2) is 9.59 Å². The Morgan fingerprint density at radius 1 is 1.11 bits per heavy atom. The second-order valence-corrected chi connectivity index (χ2v) is 3.81. The second-order valence-electron chi connectivity index (χ2n) is 3.81. The molecule has 0 fully saturated rings. The van der Waals surface area contributed by atoms with Crippen LogP contribution in [0.15, 0.2) is 18.2 Å². The molecule has 0 unspecified atom stereocenters. The third-order valence-corrected chi connectivity index (χ3v) is 2.31. The third-order valence-electron chi connectivity index (χ3n) is 2.31. The lowest BCUT2D eigenvalue weighted by atomic mass is 10.1. The zero-order valence-corrected chi connectivity index (χ0v) is 10.1. The highest BCUT2D eigenvalue weighted by molar-refractivity contribution is 5.94. The van der Waals surface area contributed by atoms with Crippen LogP contribution in [0.3, 0.4) is 0 Å². The maximum atomic E-state index is 10.9. The molecule has 0 aromatic heterocycles. The van der Waals surface area contributed by atoms with Crippen molar-refractivity contribution in [3.05, 3.63) is 34.9 Å². The van der Waals surface area contributed by atoms with Crippen LogP contribution < -0.4 is 0 Å². The van der Waals surface area contributed by atoms with Gasteiger partial charge < -0.3 is 10.2 Å². The van der Waals surface area contributed by atoms with Gasteiger partial charge in [-0.2, -0.15) is 0 Å². The van der Waals surface area contributed by atoms with Crippen LogP contribution in [0.1, 0.15) is 52.5 Å². The predicted molar refractivity (Wildman–Crippen MR) is 66.8 cm³/mol. The van der Waals surface area contributed by atoms with E-state index in [9.17, 15) is 9.59 Å². The quantitative estimate of drug-likeness (QED) is 0.632. The molecule has 0 saturated heterocycles. The molecule has 1 aromatic carbocycles. The molecule has 0 spiro atoms. The molecule has 0 heterocycles. The molecular formula is C14H14O4. The molecule has 0 saturated carbocycles. The first kappa shape index (κ1) is 13.8. The Morgan fingerprint density at radius 3 is 2.11 bits per heavy atom. The smallest absolute Gasteiger partial charge is 0.335 e. The minimum Gasteiger partial charge on any atom is -0.478 e. The summed E-state index contributed by atoms with van der Waals surface area (Å²) in [7, 11) is 0. The van der Waals surface area contributed by atoms with Gasteiger partial charge in [0, 0.05) is 12.0 Å². The van der Waals surface area contributed by atoms with Crippen molar-refractivity contribution < 1.29 is 19.8 Å². The second kappa shape index (κ2) is 6.45. The molecule has 0 amide bonds. The monoisotopic (exact) mass is 246 g/mol. The van der Waals surface area contributed by atoms with Gasteiger partial charge in [-0.05, 0) is 24.6 Å². The highest BCUT2D eigenvalue weighted by atomic mass is 16.4. The SMILES string of the molecule is CCCCC#Cc1cc(C(=O)O)cc(C(=O)O)c1. The lowest BCUT2D eigenvalue weighted by Crippen LogP contribution is -2.03. The van der Waals surface area contributed by atoms with E-state index < -0.39 is 11.9 Å². The van der Waals surface area contributed by atoms with Gasteiger partial charge in [0.15, 0.2) is 0 Å². The molecule has 0 aliphatic heterocycles. The van der Waals surface area contributed by atoms with Gasteiger partial charge >= 0.3 is 11.9 Å². The Hall–Kier alpha value is -2.28. The molecule has 4 nitrogen and oxygen atoms in total. The Kier molecular flexibility index (Phi) is 4.94. The normalized spacial score (nSPS) is 9.39. The number of carboxylic acids is 2. The average molecular weight is 246 g/mol. The number of aromatic carboxylic acids is 2. The number of hydrogen-bond acceptors (Lipinski definition) is 2. The molecule has 0 radical (unpaired) electrons. The minimum absolute atomic E-state index is 0.0605. The number of benzene rings is 1. The molecular weight excluding hydrogens is 232 g/mol. The first-order valence-electron chi connectivity index (χ1n) is 5.65.